The summed E-state index contributed by atoms with van der Waals surface area (Å²) in [7, 11) is 0. The van der Waals surface area contributed by atoms with Gasteiger partial charge in [0.2, 0.25) is 0 Å². The smallest absolute Gasteiger partial charge is 0.251 e. The first-order valence-electron chi connectivity index (χ1n) is 5.91. The van der Waals surface area contributed by atoms with E-state index in [1.165, 1.54) is 12.1 Å². The van der Waals surface area contributed by atoms with Gasteiger partial charge in [-0.3, -0.25) is 4.79 Å². The Hall–Kier alpha value is -2.00. The monoisotopic (exact) mass is 275 g/mol. The molecule has 98 valence electrons. The molecule has 0 saturated carbocycles. The van der Waals surface area contributed by atoms with Crippen LogP contribution in [0, 0.1) is 0 Å². The average Bonchev–Trinajstić information content (AvgIpc) is 2.45. The lowest BCUT2D eigenvalue weighted by Gasteiger charge is -2.16. The summed E-state index contributed by atoms with van der Waals surface area (Å²) in [5.41, 5.74) is 1.36. The minimum Gasteiger partial charge on any atom is -0.508 e. The number of carbonyl (C=O) groups excluding carboxylic acids is 1. The van der Waals surface area contributed by atoms with Crippen molar-refractivity contribution in [1.82, 2.24) is 5.32 Å². The van der Waals surface area contributed by atoms with Crippen LogP contribution in [0.15, 0.2) is 54.6 Å². The third kappa shape index (κ3) is 3.48. The number of halogens is 1. The summed E-state index contributed by atoms with van der Waals surface area (Å²) in [6.45, 7) is 0. The third-order valence-electron chi connectivity index (χ3n) is 2.77. The van der Waals surface area contributed by atoms with E-state index in [1.807, 2.05) is 30.3 Å². The Bertz CT molecular complexity index is 557. The molecule has 3 nitrogen and oxygen atoms in total. The Balaban J connectivity index is 2.13. The zero-order chi connectivity index (χ0) is 13.7. The van der Waals surface area contributed by atoms with Crippen molar-refractivity contribution in [3.05, 3.63) is 65.7 Å². The Morgan fingerprint density at radius 2 is 1.89 bits per heavy atom. The lowest BCUT2D eigenvalue weighted by Crippen LogP contribution is -2.29. The molecule has 2 rings (SSSR count). The normalized spacial score (nSPS) is 11.8. The van der Waals surface area contributed by atoms with Crippen LogP contribution in [0.2, 0.25) is 0 Å². The molecule has 2 N–H and O–H groups in total. The highest BCUT2D eigenvalue weighted by atomic mass is 35.5. The van der Waals surface area contributed by atoms with Gasteiger partial charge in [-0.15, -0.1) is 11.6 Å². The largest absolute Gasteiger partial charge is 0.508 e. The number of amides is 1. The Labute approximate surface area is 116 Å². The highest BCUT2D eigenvalue weighted by molar-refractivity contribution is 6.18. The van der Waals surface area contributed by atoms with Crippen LogP contribution >= 0.6 is 11.6 Å². The molecule has 0 aliphatic rings. The summed E-state index contributed by atoms with van der Waals surface area (Å²) < 4.78 is 0. The van der Waals surface area contributed by atoms with Crippen LogP contribution in [0.25, 0.3) is 0 Å². The van der Waals surface area contributed by atoms with Crippen molar-refractivity contribution in [2.75, 3.05) is 5.88 Å². The molecule has 0 aliphatic heterocycles. The van der Waals surface area contributed by atoms with E-state index in [0.717, 1.165) is 5.56 Å². The minimum atomic E-state index is -0.259. The molecular weight excluding hydrogens is 262 g/mol. The number of benzene rings is 2. The maximum Gasteiger partial charge on any atom is 0.251 e. The highest BCUT2D eigenvalue weighted by Gasteiger charge is 2.14. The van der Waals surface area contributed by atoms with Gasteiger partial charge in [0.1, 0.15) is 5.75 Å². The molecule has 0 aliphatic carbocycles. The van der Waals surface area contributed by atoms with Crippen molar-refractivity contribution in [1.29, 1.82) is 0 Å². The number of carbonyl (C=O) groups is 1. The van der Waals surface area contributed by atoms with Gasteiger partial charge in [0.15, 0.2) is 0 Å². The van der Waals surface area contributed by atoms with Crippen LogP contribution in [0.4, 0.5) is 0 Å². The van der Waals surface area contributed by atoms with Crippen molar-refractivity contribution in [2.45, 2.75) is 6.04 Å². The van der Waals surface area contributed by atoms with Crippen molar-refractivity contribution >= 4 is 17.5 Å². The van der Waals surface area contributed by atoms with E-state index in [9.17, 15) is 9.90 Å². The van der Waals surface area contributed by atoms with Crippen molar-refractivity contribution in [3.8, 4) is 5.75 Å². The van der Waals surface area contributed by atoms with E-state index < -0.39 is 0 Å². The molecular formula is C15H14ClNO2. The lowest BCUT2D eigenvalue weighted by molar-refractivity contribution is 0.0940. The predicted molar refractivity (Wildman–Crippen MR) is 75.5 cm³/mol. The van der Waals surface area contributed by atoms with Gasteiger partial charge in [-0.1, -0.05) is 36.4 Å². The van der Waals surface area contributed by atoms with E-state index >= 15 is 0 Å². The zero-order valence-electron chi connectivity index (χ0n) is 10.2. The van der Waals surface area contributed by atoms with Crippen LogP contribution in [-0.4, -0.2) is 16.9 Å². The predicted octanol–water partition coefficient (Wildman–Crippen LogP) is 3.10. The molecule has 0 heterocycles. The highest BCUT2D eigenvalue weighted by Crippen LogP contribution is 2.16. The molecule has 0 spiro atoms. The molecule has 2 aromatic rings. The Kier molecular flexibility index (Phi) is 4.42. The van der Waals surface area contributed by atoms with E-state index in [0.29, 0.717) is 5.56 Å². The van der Waals surface area contributed by atoms with Crippen LogP contribution in [0.5, 0.6) is 5.75 Å². The van der Waals surface area contributed by atoms with Gasteiger partial charge in [0, 0.05) is 11.4 Å². The number of phenols is 1. The first kappa shape index (κ1) is 13.4. The first-order chi connectivity index (χ1) is 9.20. The number of aromatic hydroxyl groups is 1. The zero-order valence-corrected chi connectivity index (χ0v) is 11.0. The molecule has 2 aromatic carbocycles. The second-order valence-corrected chi connectivity index (χ2v) is 4.45. The standard InChI is InChI=1S/C15H14ClNO2/c16-10-14(11-5-2-1-3-6-11)17-15(19)12-7-4-8-13(18)9-12/h1-9,14,18H,10H2,(H,17,19). The molecule has 0 fully saturated rings. The second kappa shape index (κ2) is 6.25. The van der Waals surface area contributed by atoms with E-state index in [1.54, 1.807) is 12.1 Å². The van der Waals surface area contributed by atoms with Gasteiger partial charge in [0.05, 0.1) is 6.04 Å². The molecule has 0 aromatic heterocycles. The Morgan fingerprint density at radius 1 is 1.16 bits per heavy atom. The molecule has 1 unspecified atom stereocenters. The molecule has 1 amide bonds. The number of nitrogens with one attached hydrogen (secondary N) is 1. The molecule has 0 radical (unpaired) electrons. The van der Waals surface area contributed by atoms with Gasteiger partial charge in [-0.25, -0.2) is 0 Å². The maximum absolute atomic E-state index is 12.1. The maximum atomic E-state index is 12.1. The second-order valence-electron chi connectivity index (χ2n) is 4.14. The molecule has 4 heteroatoms. The van der Waals surface area contributed by atoms with Crippen molar-refractivity contribution in [2.24, 2.45) is 0 Å². The van der Waals surface area contributed by atoms with E-state index in [4.69, 9.17) is 11.6 Å². The summed E-state index contributed by atoms with van der Waals surface area (Å²) in [5.74, 6) is 0.0920. The van der Waals surface area contributed by atoms with Crippen LogP contribution in [-0.2, 0) is 0 Å². The first-order valence-corrected chi connectivity index (χ1v) is 6.45. The van der Waals surface area contributed by atoms with Crippen LogP contribution in [0.1, 0.15) is 22.0 Å². The molecule has 0 saturated heterocycles. The Morgan fingerprint density at radius 3 is 2.53 bits per heavy atom. The average molecular weight is 276 g/mol. The van der Waals surface area contributed by atoms with Crippen LogP contribution in [0.3, 0.4) is 0 Å². The minimum absolute atomic E-state index is 0.0646. The summed E-state index contributed by atoms with van der Waals surface area (Å²) >= 11 is 5.90. The van der Waals surface area contributed by atoms with Crippen molar-refractivity contribution < 1.29 is 9.90 Å². The van der Waals surface area contributed by atoms with Crippen molar-refractivity contribution in [3.63, 3.8) is 0 Å². The number of alkyl halides is 1. The van der Waals surface area contributed by atoms with Gasteiger partial charge in [-0.05, 0) is 23.8 Å². The fourth-order valence-corrected chi connectivity index (χ4v) is 2.04. The van der Waals surface area contributed by atoms with Gasteiger partial charge < -0.3 is 10.4 Å². The number of hydrogen-bond acceptors (Lipinski definition) is 2. The number of hydrogen-bond donors (Lipinski definition) is 2. The van der Waals surface area contributed by atoms with E-state index in [2.05, 4.69) is 5.32 Å². The van der Waals surface area contributed by atoms with Gasteiger partial charge in [0.25, 0.3) is 5.91 Å². The van der Waals surface area contributed by atoms with E-state index in [-0.39, 0.29) is 23.6 Å². The topological polar surface area (TPSA) is 49.3 Å². The van der Waals surface area contributed by atoms with Gasteiger partial charge >= 0.3 is 0 Å². The number of phenolic OH excluding ortho intramolecular Hbond substituents is 1. The molecule has 0 bridgehead atoms. The number of rotatable bonds is 4. The summed E-state index contributed by atoms with van der Waals surface area (Å²) in [6.07, 6.45) is 0. The summed E-state index contributed by atoms with van der Waals surface area (Å²) in [5, 5.41) is 12.2. The van der Waals surface area contributed by atoms with Crippen LogP contribution < -0.4 is 5.32 Å². The SMILES string of the molecule is O=C(NC(CCl)c1ccccc1)c1cccc(O)c1. The van der Waals surface area contributed by atoms with Gasteiger partial charge in [-0.2, -0.15) is 0 Å². The summed E-state index contributed by atoms with van der Waals surface area (Å²) in [6, 6.07) is 15.5. The quantitative estimate of drug-likeness (QED) is 0.843. The fraction of sp³-hybridized carbons (Fsp3) is 0.133. The fourth-order valence-electron chi connectivity index (χ4n) is 1.79. The molecule has 1 atom stereocenters. The molecule has 19 heavy (non-hydrogen) atoms. The third-order valence-corrected chi connectivity index (χ3v) is 3.08. The summed E-state index contributed by atoms with van der Waals surface area (Å²) in [4.78, 5) is 12.1. The lowest BCUT2D eigenvalue weighted by atomic mass is 10.1.